The zero-order chi connectivity index (χ0) is 12.0. The van der Waals surface area contributed by atoms with E-state index in [1.165, 1.54) is 25.7 Å². The highest BCUT2D eigenvalue weighted by Gasteiger charge is 2.00. The van der Waals surface area contributed by atoms with Gasteiger partial charge < -0.3 is 10.3 Å². The fraction of sp³-hybridized carbons (Fsp3) is 0.615. The van der Waals surface area contributed by atoms with Gasteiger partial charge in [0.1, 0.15) is 0 Å². The van der Waals surface area contributed by atoms with Crippen LogP contribution >= 0.6 is 0 Å². The standard InChI is InChI=1S/C13H22N2O/c1-3-4-5-6-7-8-15-10-12(14)11(2)9-13(15)16/h9-10H,3-8,14H2,1-2H3. The average molecular weight is 222 g/mol. The Hall–Kier alpha value is -1.25. The van der Waals surface area contributed by atoms with Crippen molar-refractivity contribution in [2.75, 3.05) is 5.73 Å². The van der Waals surface area contributed by atoms with Crippen molar-refractivity contribution in [3.05, 3.63) is 28.2 Å². The number of pyridine rings is 1. The van der Waals surface area contributed by atoms with Crippen molar-refractivity contribution in [3.8, 4) is 0 Å². The van der Waals surface area contributed by atoms with E-state index in [0.29, 0.717) is 5.69 Å². The highest BCUT2D eigenvalue weighted by molar-refractivity contribution is 5.42. The lowest BCUT2D eigenvalue weighted by Crippen LogP contribution is -2.20. The van der Waals surface area contributed by atoms with Crippen molar-refractivity contribution in [1.82, 2.24) is 4.57 Å². The summed E-state index contributed by atoms with van der Waals surface area (Å²) in [4.78, 5) is 11.6. The summed E-state index contributed by atoms with van der Waals surface area (Å²) in [6.07, 6.45) is 7.79. The Morgan fingerprint density at radius 3 is 2.62 bits per heavy atom. The maximum absolute atomic E-state index is 11.6. The van der Waals surface area contributed by atoms with Gasteiger partial charge in [0.05, 0.1) is 5.69 Å². The zero-order valence-electron chi connectivity index (χ0n) is 10.3. The summed E-state index contributed by atoms with van der Waals surface area (Å²) in [6, 6.07) is 1.61. The summed E-state index contributed by atoms with van der Waals surface area (Å²) in [7, 11) is 0. The number of unbranched alkanes of at least 4 members (excludes halogenated alkanes) is 4. The molecule has 1 rings (SSSR count). The highest BCUT2D eigenvalue weighted by Crippen LogP contribution is 2.07. The third-order valence-corrected chi connectivity index (χ3v) is 2.88. The molecule has 0 aliphatic rings. The van der Waals surface area contributed by atoms with Gasteiger partial charge in [-0.3, -0.25) is 4.79 Å². The fourth-order valence-electron chi connectivity index (χ4n) is 1.75. The second kappa shape index (κ2) is 6.36. The van der Waals surface area contributed by atoms with Crippen molar-refractivity contribution in [1.29, 1.82) is 0 Å². The molecule has 90 valence electrons. The van der Waals surface area contributed by atoms with Gasteiger partial charge in [-0.1, -0.05) is 32.6 Å². The fourth-order valence-corrected chi connectivity index (χ4v) is 1.75. The Labute approximate surface area is 97.3 Å². The van der Waals surface area contributed by atoms with Crippen molar-refractivity contribution in [2.24, 2.45) is 0 Å². The molecule has 0 fully saturated rings. The van der Waals surface area contributed by atoms with E-state index in [9.17, 15) is 4.79 Å². The monoisotopic (exact) mass is 222 g/mol. The van der Waals surface area contributed by atoms with Crippen LogP contribution < -0.4 is 11.3 Å². The first-order chi connectivity index (χ1) is 7.65. The molecule has 2 N–H and O–H groups in total. The number of hydrogen-bond donors (Lipinski definition) is 1. The first kappa shape index (κ1) is 12.8. The number of nitrogens with two attached hydrogens (primary N) is 1. The first-order valence-corrected chi connectivity index (χ1v) is 6.11. The van der Waals surface area contributed by atoms with Gasteiger partial charge in [0.15, 0.2) is 0 Å². The molecule has 0 aliphatic heterocycles. The third kappa shape index (κ3) is 3.72. The van der Waals surface area contributed by atoms with Crippen LogP contribution in [0.15, 0.2) is 17.1 Å². The van der Waals surface area contributed by atoms with E-state index in [1.807, 2.05) is 6.92 Å². The van der Waals surface area contributed by atoms with E-state index in [4.69, 9.17) is 5.73 Å². The van der Waals surface area contributed by atoms with Crippen LogP contribution in [0, 0.1) is 6.92 Å². The Kier molecular flexibility index (Phi) is 5.09. The first-order valence-electron chi connectivity index (χ1n) is 6.11. The Morgan fingerprint density at radius 1 is 1.25 bits per heavy atom. The molecule has 0 unspecified atom stereocenters. The van der Waals surface area contributed by atoms with Crippen LogP contribution in [-0.4, -0.2) is 4.57 Å². The third-order valence-electron chi connectivity index (χ3n) is 2.88. The van der Waals surface area contributed by atoms with Crippen LogP contribution in [0.3, 0.4) is 0 Å². The minimum Gasteiger partial charge on any atom is -0.397 e. The van der Waals surface area contributed by atoms with E-state index >= 15 is 0 Å². The van der Waals surface area contributed by atoms with Gasteiger partial charge in [0.2, 0.25) is 0 Å². The van der Waals surface area contributed by atoms with Crippen LogP contribution in [0.1, 0.15) is 44.6 Å². The molecule has 0 atom stereocenters. The summed E-state index contributed by atoms with van der Waals surface area (Å²) in [5, 5.41) is 0. The van der Waals surface area contributed by atoms with Crippen molar-refractivity contribution >= 4 is 5.69 Å². The Morgan fingerprint density at radius 2 is 1.94 bits per heavy atom. The molecule has 0 radical (unpaired) electrons. The van der Waals surface area contributed by atoms with Gasteiger partial charge in [0.25, 0.3) is 5.56 Å². The number of anilines is 1. The van der Waals surface area contributed by atoms with Crippen molar-refractivity contribution in [3.63, 3.8) is 0 Å². The molecule has 1 aromatic heterocycles. The van der Waals surface area contributed by atoms with Crippen LogP contribution in [0.2, 0.25) is 0 Å². The molecule has 0 saturated heterocycles. The van der Waals surface area contributed by atoms with E-state index in [1.54, 1.807) is 16.8 Å². The molecule has 16 heavy (non-hydrogen) atoms. The molecular formula is C13H22N2O. The molecule has 0 spiro atoms. The maximum atomic E-state index is 11.6. The van der Waals surface area contributed by atoms with Gasteiger partial charge in [0, 0.05) is 18.8 Å². The van der Waals surface area contributed by atoms with Gasteiger partial charge >= 0.3 is 0 Å². The SMILES string of the molecule is CCCCCCCn1cc(N)c(C)cc1=O. The largest absolute Gasteiger partial charge is 0.397 e. The van der Waals surface area contributed by atoms with E-state index in [2.05, 4.69) is 6.92 Å². The summed E-state index contributed by atoms with van der Waals surface area (Å²) >= 11 is 0. The predicted molar refractivity (Wildman–Crippen MR) is 68.6 cm³/mol. The number of aromatic nitrogens is 1. The number of nitrogens with zero attached hydrogens (tertiary/aromatic N) is 1. The lowest BCUT2D eigenvalue weighted by molar-refractivity contribution is 0.559. The lowest BCUT2D eigenvalue weighted by Gasteiger charge is -2.08. The molecule has 0 saturated carbocycles. The van der Waals surface area contributed by atoms with Gasteiger partial charge in [-0.05, 0) is 18.9 Å². The maximum Gasteiger partial charge on any atom is 0.250 e. The molecule has 1 aromatic rings. The second-order valence-corrected chi connectivity index (χ2v) is 4.36. The number of nitrogen functional groups attached to an aromatic ring is 1. The van der Waals surface area contributed by atoms with Gasteiger partial charge in [-0.15, -0.1) is 0 Å². The minimum absolute atomic E-state index is 0.0576. The van der Waals surface area contributed by atoms with E-state index in [0.717, 1.165) is 18.5 Å². The van der Waals surface area contributed by atoms with Crippen LogP contribution in [0.4, 0.5) is 5.69 Å². The summed E-state index contributed by atoms with van der Waals surface area (Å²) < 4.78 is 1.72. The smallest absolute Gasteiger partial charge is 0.250 e. The lowest BCUT2D eigenvalue weighted by atomic mass is 10.1. The summed E-state index contributed by atoms with van der Waals surface area (Å²) in [5.41, 5.74) is 7.41. The van der Waals surface area contributed by atoms with Gasteiger partial charge in [-0.2, -0.15) is 0 Å². The number of rotatable bonds is 6. The second-order valence-electron chi connectivity index (χ2n) is 4.36. The normalized spacial score (nSPS) is 10.6. The van der Waals surface area contributed by atoms with E-state index in [-0.39, 0.29) is 5.56 Å². The van der Waals surface area contributed by atoms with Crippen molar-refractivity contribution < 1.29 is 0 Å². The summed E-state index contributed by atoms with van der Waals surface area (Å²) in [6.45, 7) is 4.85. The number of aryl methyl sites for hydroxylation is 2. The molecule has 0 amide bonds. The molecule has 3 heteroatoms. The highest BCUT2D eigenvalue weighted by atomic mass is 16.1. The molecule has 0 aromatic carbocycles. The number of hydrogen-bond acceptors (Lipinski definition) is 2. The Bertz CT molecular complexity index is 382. The van der Waals surface area contributed by atoms with Crippen LogP contribution in [0.25, 0.3) is 0 Å². The predicted octanol–water partition coefficient (Wildman–Crippen LogP) is 2.71. The zero-order valence-corrected chi connectivity index (χ0v) is 10.3. The molecule has 0 bridgehead atoms. The van der Waals surface area contributed by atoms with E-state index < -0.39 is 0 Å². The Balaban J connectivity index is 2.48. The van der Waals surface area contributed by atoms with Gasteiger partial charge in [-0.25, -0.2) is 0 Å². The topological polar surface area (TPSA) is 48.0 Å². The summed E-state index contributed by atoms with van der Waals surface area (Å²) in [5.74, 6) is 0. The average Bonchev–Trinajstić information content (AvgIpc) is 2.25. The molecule has 1 heterocycles. The molecule has 3 nitrogen and oxygen atoms in total. The minimum atomic E-state index is 0.0576. The quantitative estimate of drug-likeness (QED) is 0.752. The molecular weight excluding hydrogens is 200 g/mol. The van der Waals surface area contributed by atoms with Crippen molar-refractivity contribution in [2.45, 2.75) is 52.5 Å². The van der Waals surface area contributed by atoms with Crippen LogP contribution in [0.5, 0.6) is 0 Å². The van der Waals surface area contributed by atoms with Crippen LogP contribution in [-0.2, 0) is 6.54 Å². The molecule has 0 aliphatic carbocycles.